The van der Waals surface area contributed by atoms with Crippen LogP contribution in [0.4, 0.5) is 0 Å². The number of rotatable bonds is 5. The largest absolute Gasteiger partial charge is 0.344 e. The molecule has 3 heterocycles. The molecule has 0 spiro atoms. The standard InChI is InChI=1S/C49H32N4S/c1-3-12-32(13-4-1)47-50-48(33-14-5-2-6-15-33)52-49(51-47)34-19-24-37(25-20-34)53-42-26-22-35(30-41(42)46-38-16-8-7-11-31(38)21-27-43(46)53)36-23-28-45-40(29-36)39-17-9-10-18-44(39)54-45/h1-30,47H,(H,50,51,52). The summed E-state index contributed by atoms with van der Waals surface area (Å²) in [6.45, 7) is 0. The van der Waals surface area contributed by atoms with E-state index in [1.54, 1.807) is 0 Å². The number of thiophene rings is 1. The molecule has 1 N–H and O–H groups in total. The summed E-state index contributed by atoms with van der Waals surface area (Å²) >= 11 is 1.86. The van der Waals surface area contributed by atoms with Crippen LogP contribution in [0.1, 0.15) is 22.9 Å². The number of aliphatic imine (C=N–C) groups is 2. The van der Waals surface area contributed by atoms with Crippen LogP contribution >= 0.6 is 11.3 Å². The molecule has 54 heavy (non-hydrogen) atoms. The predicted molar refractivity (Wildman–Crippen MR) is 228 cm³/mol. The van der Waals surface area contributed by atoms with Crippen molar-refractivity contribution in [1.82, 2.24) is 9.88 Å². The van der Waals surface area contributed by atoms with Gasteiger partial charge in [0.25, 0.3) is 0 Å². The Balaban J connectivity index is 1.05. The molecule has 254 valence electrons. The second kappa shape index (κ2) is 12.4. The Morgan fingerprint density at radius 2 is 1.13 bits per heavy atom. The summed E-state index contributed by atoms with van der Waals surface area (Å²) < 4.78 is 5.04. The van der Waals surface area contributed by atoms with Gasteiger partial charge >= 0.3 is 0 Å². The van der Waals surface area contributed by atoms with E-state index in [2.05, 4.69) is 168 Å². The van der Waals surface area contributed by atoms with Crippen LogP contribution < -0.4 is 5.32 Å². The molecule has 0 amide bonds. The number of fused-ring (bicyclic) bond motifs is 8. The molecular weight excluding hydrogens is 677 g/mol. The Morgan fingerprint density at radius 3 is 1.96 bits per heavy atom. The highest BCUT2D eigenvalue weighted by Gasteiger charge is 2.22. The summed E-state index contributed by atoms with van der Waals surface area (Å²) in [5, 5.41) is 11.2. The molecule has 0 bridgehead atoms. The summed E-state index contributed by atoms with van der Waals surface area (Å²) in [5.41, 5.74) is 8.98. The Morgan fingerprint density at radius 1 is 0.481 bits per heavy atom. The highest BCUT2D eigenvalue weighted by atomic mass is 32.1. The third-order valence-corrected chi connectivity index (χ3v) is 11.8. The Labute approximate surface area is 316 Å². The van der Waals surface area contributed by atoms with E-state index in [-0.39, 0.29) is 6.17 Å². The zero-order valence-corrected chi connectivity index (χ0v) is 30.0. The number of nitrogens with zero attached hydrogens (tertiary/aromatic N) is 3. The van der Waals surface area contributed by atoms with E-state index in [1.807, 2.05) is 35.6 Å². The zero-order valence-electron chi connectivity index (χ0n) is 29.1. The highest BCUT2D eigenvalue weighted by Crippen LogP contribution is 2.41. The monoisotopic (exact) mass is 708 g/mol. The second-order valence-electron chi connectivity index (χ2n) is 13.8. The highest BCUT2D eigenvalue weighted by molar-refractivity contribution is 7.25. The van der Waals surface area contributed by atoms with E-state index < -0.39 is 0 Å². The maximum atomic E-state index is 5.11. The van der Waals surface area contributed by atoms with E-state index in [9.17, 15) is 0 Å². The number of nitrogens with one attached hydrogen (secondary N) is 1. The van der Waals surface area contributed by atoms with Gasteiger partial charge in [-0.05, 0) is 88.1 Å². The molecule has 5 heteroatoms. The van der Waals surface area contributed by atoms with Gasteiger partial charge in [0.2, 0.25) is 0 Å². The van der Waals surface area contributed by atoms with Crippen LogP contribution in [0, 0.1) is 0 Å². The van der Waals surface area contributed by atoms with Gasteiger partial charge in [0.1, 0.15) is 12.0 Å². The van der Waals surface area contributed by atoms with Crippen molar-refractivity contribution in [2.24, 2.45) is 9.98 Å². The molecule has 1 atom stereocenters. The van der Waals surface area contributed by atoms with Gasteiger partial charge in [-0.2, -0.15) is 0 Å². The van der Waals surface area contributed by atoms with Crippen molar-refractivity contribution in [3.05, 3.63) is 199 Å². The molecule has 11 rings (SSSR count). The number of hydrogen-bond donors (Lipinski definition) is 1. The minimum absolute atomic E-state index is 0.243. The van der Waals surface area contributed by atoms with Gasteiger partial charge in [0, 0.05) is 47.8 Å². The van der Waals surface area contributed by atoms with Gasteiger partial charge < -0.3 is 9.88 Å². The van der Waals surface area contributed by atoms with E-state index in [1.165, 1.54) is 63.9 Å². The molecule has 1 aliphatic rings. The smallest absolute Gasteiger partial charge is 0.159 e. The van der Waals surface area contributed by atoms with E-state index in [0.29, 0.717) is 5.84 Å². The van der Waals surface area contributed by atoms with Crippen molar-refractivity contribution in [1.29, 1.82) is 0 Å². The molecular formula is C49H32N4S. The van der Waals surface area contributed by atoms with Crippen molar-refractivity contribution in [3.63, 3.8) is 0 Å². The minimum atomic E-state index is -0.243. The van der Waals surface area contributed by atoms with E-state index in [4.69, 9.17) is 9.98 Å². The molecule has 0 radical (unpaired) electrons. The van der Waals surface area contributed by atoms with Crippen LogP contribution in [-0.4, -0.2) is 16.2 Å². The molecule has 1 aliphatic heterocycles. The Hall–Kier alpha value is -6.82. The number of hydrogen-bond acceptors (Lipinski definition) is 4. The normalized spacial score (nSPS) is 14.5. The van der Waals surface area contributed by atoms with E-state index in [0.717, 1.165) is 28.2 Å². The van der Waals surface area contributed by atoms with Gasteiger partial charge in [-0.15, -0.1) is 11.3 Å². The quantitative estimate of drug-likeness (QED) is 0.190. The van der Waals surface area contributed by atoms with Crippen LogP contribution in [0.15, 0.2) is 192 Å². The second-order valence-corrected chi connectivity index (χ2v) is 14.9. The first-order valence-electron chi connectivity index (χ1n) is 18.3. The lowest BCUT2D eigenvalue weighted by molar-refractivity contribution is 0.674. The lowest BCUT2D eigenvalue weighted by atomic mass is 9.99. The lowest BCUT2D eigenvalue weighted by Crippen LogP contribution is -2.33. The molecule has 2 aromatic heterocycles. The predicted octanol–water partition coefficient (Wildman–Crippen LogP) is 12.5. The average molecular weight is 709 g/mol. The molecule has 1 unspecified atom stereocenters. The van der Waals surface area contributed by atoms with Gasteiger partial charge in [-0.1, -0.05) is 121 Å². The molecule has 10 aromatic rings. The molecule has 0 aliphatic carbocycles. The first kappa shape index (κ1) is 30.8. The van der Waals surface area contributed by atoms with Gasteiger partial charge in [0.05, 0.1) is 11.0 Å². The first-order chi connectivity index (χ1) is 26.7. The third-order valence-electron chi connectivity index (χ3n) is 10.7. The van der Waals surface area contributed by atoms with Gasteiger partial charge in [-0.25, -0.2) is 9.98 Å². The number of benzene rings is 8. The number of amidine groups is 2. The fourth-order valence-electron chi connectivity index (χ4n) is 8.04. The zero-order chi connectivity index (χ0) is 35.6. The van der Waals surface area contributed by atoms with Crippen LogP contribution in [-0.2, 0) is 0 Å². The maximum absolute atomic E-state index is 5.11. The van der Waals surface area contributed by atoms with Crippen LogP contribution in [0.5, 0.6) is 0 Å². The van der Waals surface area contributed by atoms with E-state index >= 15 is 0 Å². The van der Waals surface area contributed by atoms with Gasteiger partial charge in [0.15, 0.2) is 5.84 Å². The summed E-state index contributed by atoms with van der Waals surface area (Å²) in [6.07, 6.45) is -0.243. The van der Waals surface area contributed by atoms with Crippen LogP contribution in [0.2, 0.25) is 0 Å². The Kier molecular flexibility index (Phi) is 7.07. The molecule has 0 saturated heterocycles. The van der Waals surface area contributed by atoms with Crippen molar-refractivity contribution >= 4 is 75.8 Å². The van der Waals surface area contributed by atoms with Crippen LogP contribution in [0.3, 0.4) is 0 Å². The first-order valence-corrected chi connectivity index (χ1v) is 19.1. The summed E-state index contributed by atoms with van der Waals surface area (Å²) in [5.74, 6) is 1.52. The van der Waals surface area contributed by atoms with Crippen LogP contribution in [0.25, 0.3) is 69.6 Å². The molecule has 0 saturated carbocycles. The summed E-state index contributed by atoms with van der Waals surface area (Å²) in [6, 6.07) is 65.2. The summed E-state index contributed by atoms with van der Waals surface area (Å²) in [7, 11) is 0. The third kappa shape index (κ3) is 5.05. The lowest BCUT2D eigenvalue weighted by Gasteiger charge is -2.23. The SMILES string of the molecule is c1ccc(C2=NC(c3ccc(-n4c5ccc(-c6ccc7sc8ccccc8c7c6)cc5c5c6ccccc6ccc54)cc3)=NC(c3ccccc3)N2)cc1. The fourth-order valence-corrected chi connectivity index (χ4v) is 9.13. The van der Waals surface area contributed by atoms with Gasteiger partial charge in [-0.3, -0.25) is 0 Å². The topological polar surface area (TPSA) is 41.7 Å². The number of aromatic nitrogens is 1. The Bertz CT molecular complexity index is 3120. The summed E-state index contributed by atoms with van der Waals surface area (Å²) in [4.78, 5) is 10.2. The van der Waals surface area contributed by atoms with Crippen molar-refractivity contribution in [2.45, 2.75) is 6.17 Å². The maximum Gasteiger partial charge on any atom is 0.159 e. The fraction of sp³-hybridized carbons (Fsp3) is 0.0204. The van der Waals surface area contributed by atoms with Crippen molar-refractivity contribution in [3.8, 4) is 16.8 Å². The minimum Gasteiger partial charge on any atom is -0.344 e. The van der Waals surface area contributed by atoms with Crippen molar-refractivity contribution in [2.75, 3.05) is 0 Å². The molecule has 8 aromatic carbocycles. The molecule has 4 nitrogen and oxygen atoms in total. The van der Waals surface area contributed by atoms with Crippen molar-refractivity contribution < 1.29 is 0 Å². The average Bonchev–Trinajstić information content (AvgIpc) is 3.79. The molecule has 0 fully saturated rings.